The van der Waals surface area contributed by atoms with Crippen molar-refractivity contribution in [2.24, 2.45) is 0 Å². The molecule has 0 bridgehead atoms. The van der Waals surface area contributed by atoms with Crippen LogP contribution in [0.4, 0.5) is 0 Å². The summed E-state index contributed by atoms with van der Waals surface area (Å²) in [6.45, 7) is 2.08. The number of aryl methyl sites for hydroxylation is 1. The predicted octanol–water partition coefficient (Wildman–Crippen LogP) is 4.87. The summed E-state index contributed by atoms with van der Waals surface area (Å²) in [6.07, 6.45) is 0. The van der Waals surface area contributed by atoms with E-state index in [1.165, 1.54) is 10.4 Å². The monoisotopic (exact) mass is 335 g/mol. The molecule has 0 saturated heterocycles. The maximum atomic E-state index is 6.04. The smallest absolute Gasteiger partial charge is 0.137 e. The van der Waals surface area contributed by atoms with E-state index in [1.54, 1.807) is 11.3 Å². The number of hydrogen-bond donors (Lipinski definition) is 1. The Morgan fingerprint density at radius 3 is 2.79 bits per heavy atom. The normalized spacial score (nSPS) is 13.0. The lowest BCUT2D eigenvalue weighted by Gasteiger charge is -2.10. The highest BCUT2D eigenvalue weighted by Gasteiger charge is 2.18. The van der Waals surface area contributed by atoms with Gasteiger partial charge in [-0.25, -0.2) is 0 Å². The summed E-state index contributed by atoms with van der Waals surface area (Å²) in [5, 5.41) is 6.57. The first-order valence-corrected chi connectivity index (χ1v) is 7.76. The van der Waals surface area contributed by atoms with Crippen molar-refractivity contribution in [3.63, 3.8) is 0 Å². The molecule has 4 heteroatoms. The van der Waals surface area contributed by atoms with E-state index >= 15 is 0 Å². The van der Waals surface area contributed by atoms with E-state index in [4.69, 9.17) is 4.42 Å². The van der Waals surface area contributed by atoms with E-state index in [1.807, 2.05) is 7.05 Å². The van der Waals surface area contributed by atoms with Crippen LogP contribution < -0.4 is 5.32 Å². The Balaban J connectivity index is 2.09. The minimum atomic E-state index is 0.100. The van der Waals surface area contributed by atoms with Crippen LogP contribution in [0, 0.1) is 6.92 Å². The average Bonchev–Trinajstić information content (AvgIpc) is 2.98. The van der Waals surface area contributed by atoms with E-state index in [9.17, 15) is 0 Å². The molecular weight excluding hydrogens is 322 g/mol. The third-order valence-electron chi connectivity index (χ3n) is 3.21. The molecule has 1 unspecified atom stereocenters. The summed E-state index contributed by atoms with van der Waals surface area (Å²) in [6, 6.07) is 10.6. The fourth-order valence-corrected chi connectivity index (χ4v) is 3.84. The zero-order chi connectivity index (χ0) is 13.4. The molecule has 1 atom stereocenters. The van der Waals surface area contributed by atoms with E-state index in [0.717, 1.165) is 21.2 Å². The predicted molar refractivity (Wildman–Crippen MR) is 83.9 cm³/mol. The van der Waals surface area contributed by atoms with Gasteiger partial charge in [-0.15, -0.1) is 11.3 Å². The number of nitrogens with one attached hydrogen (secondary N) is 1. The summed E-state index contributed by atoms with van der Waals surface area (Å²) >= 11 is 5.22. The number of fused-ring (bicyclic) bond motifs is 1. The van der Waals surface area contributed by atoms with Crippen LogP contribution in [0.3, 0.4) is 0 Å². The minimum Gasteiger partial charge on any atom is -0.459 e. The number of furan rings is 1. The van der Waals surface area contributed by atoms with Gasteiger partial charge in [-0.3, -0.25) is 0 Å². The minimum absolute atomic E-state index is 0.100. The van der Waals surface area contributed by atoms with E-state index < -0.39 is 0 Å². The van der Waals surface area contributed by atoms with Gasteiger partial charge in [-0.2, -0.15) is 0 Å². The van der Waals surface area contributed by atoms with Crippen molar-refractivity contribution in [3.8, 4) is 0 Å². The Morgan fingerprint density at radius 2 is 2.16 bits per heavy atom. The summed E-state index contributed by atoms with van der Waals surface area (Å²) in [4.78, 5) is 1.24. The van der Waals surface area contributed by atoms with Gasteiger partial charge < -0.3 is 9.73 Å². The molecule has 0 aliphatic rings. The van der Waals surface area contributed by atoms with Gasteiger partial charge in [0, 0.05) is 20.1 Å². The largest absolute Gasteiger partial charge is 0.459 e. The van der Waals surface area contributed by atoms with E-state index in [2.05, 4.69) is 63.9 Å². The second-order valence-corrected chi connectivity index (χ2v) is 6.39. The molecule has 2 nitrogen and oxygen atoms in total. The van der Waals surface area contributed by atoms with Gasteiger partial charge in [0.2, 0.25) is 0 Å². The Labute approximate surface area is 124 Å². The van der Waals surface area contributed by atoms with E-state index in [-0.39, 0.29) is 6.04 Å². The number of hydrogen-bond acceptors (Lipinski definition) is 3. The fourth-order valence-electron chi connectivity index (χ4n) is 2.28. The second kappa shape index (κ2) is 5.12. The van der Waals surface area contributed by atoms with Crippen molar-refractivity contribution < 1.29 is 4.42 Å². The van der Waals surface area contributed by atoms with Crippen molar-refractivity contribution in [1.82, 2.24) is 5.32 Å². The topological polar surface area (TPSA) is 25.2 Å². The molecule has 2 aromatic heterocycles. The van der Waals surface area contributed by atoms with Gasteiger partial charge in [0.1, 0.15) is 17.4 Å². The maximum Gasteiger partial charge on any atom is 0.137 e. The molecule has 0 aliphatic heterocycles. The van der Waals surface area contributed by atoms with Gasteiger partial charge in [0.15, 0.2) is 0 Å². The summed E-state index contributed by atoms with van der Waals surface area (Å²) in [7, 11) is 1.96. The second-order valence-electron chi connectivity index (χ2n) is 4.53. The van der Waals surface area contributed by atoms with Crippen LogP contribution in [-0.4, -0.2) is 7.05 Å². The van der Waals surface area contributed by atoms with Crippen LogP contribution in [0.2, 0.25) is 0 Å². The van der Waals surface area contributed by atoms with Crippen molar-refractivity contribution in [2.75, 3.05) is 7.05 Å². The standard InChI is InChI=1S/C15H14BrNOS/c1-9-4-3-5-10-6-12(18-15(9)10)14(17-2)13-7-11(16)8-19-13/h3-8,14,17H,1-2H3. The van der Waals surface area contributed by atoms with Crippen LogP contribution >= 0.6 is 27.3 Å². The number of benzene rings is 1. The van der Waals surface area contributed by atoms with Crippen LogP contribution in [0.15, 0.2) is 44.6 Å². The van der Waals surface area contributed by atoms with Gasteiger partial charge in [-0.1, -0.05) is 18.2 Å². The molecule has 98 valence electrons. The number of rotatable bonds is 3. The summed E-state index contributed by atoms with van der Waals surface area (Å²) < 4.78 is 7.16. The highest BCUT2D eigenvalue weighted by atomic mass is 79.9. The van der Waals surface area contributed by atoms with Crippen LogP contribution in [0.25, 0.3) is 11.0 Å². The zero-order valence-electron chi connectivity index (χ0n) is 10.7. The first-order valence-electron chi connectivity index (χ1n) is 6.09. The Morgan fingerprint density at radius 1 is 1.32 bits per heavy atom. The molecule has 0 spiro atoms. The molecule has 19 heavy (non-hydrogen) atoms. The van der Waals surface area contributed by atoms with Crippen LogP contribution in [0.5, 0.6) is 0 Å². The van der Waals surface area contributed by atoms with Gasteiger partial charge >= 0.3 is 0 Å². The SMILES string of the molecule is CNC(c1cc2cccc(C)c2o1)c1cc(Br)cs1. The molecule has 2 heterocycles. The first kappa shape index (κ1) is 12.9. The van der Waals surface area contributed by atoms with Gasteiger partial charge in [0.25, 0.3) is 0 Å². The average molecular weight is 336 g/mol. The number of thiophene rings is 1. The van der Waals surface area contributed by atoms with Crippen molar-refractivity contribution >= 4 is 38.2 Å². The summed E-state index contributed by atoms with van der Waals surface area (Å²) in [5.41, 5.74) is 2.15. The lowest BCUT2D eigenvalue weighted by atomic mass is 10.1. The number of para-hydroxylation sites is 1. The molecule has 3 aromatic rings. The van der Waals surface area contributed by atoms with Gasteiger partial charge in [-0.05, 0) is 47.6 Å². The molecule has 1 aromatic carbocycles. The molecule has 0 aliphatic carbocycles. The number of halogens is 1. The third kappa shape index (κ3) is 2.36. The van der Waals surface area contributed by atoms with Gasteiger partial charge in [0.05, 0.1) is 0 Å². The van der Waals surface area contributed by atoms with Crippen LogP contribution in [-0.2, 0) is 0 Å². The Kier molecular flexibility index (Phi) is 3.48. The molecule has 0 radical (unpaired) electrons. The summed E-state index contributed by atoms with van der Waals surface area (Å²) in [5.74, 6) is 0.959. The van der Waals surface area contributed by atoms with E-state index in [0.29, 0.717) is 0 Å². The third-order valence-corrected chi connectivity index (χ3v) is 4.96. The zero-order valence-corrected chi connectivity index (χ0v) is 13.1. The first-order chi connectivity index (χ1) is 9.19. The fraction of sp³-hybridized carbons (Fsp3) is 0.200. The van der Waals surface area contributed by atoms with Crippen molar-refractivity contribution in [1.29, 1.82) is 0 Å². The molecule has 0 saturated carbocycles. The highest BCUT2D eigenvalue weighted by Crippen LogP contribution is 2.33. The van der Waals surface area contributed by atoms with Crippen LogP contribution in [0.1, 0.15) is 22.2 Å². The quantitative estimate of drug-likeness (QED) is 0.738. The molecule has 1 N–H and O–H groups in total. The molecular formula is C15H14BrNOS. The maximum absolute atomic E-state index is 6.04. The lowest BCUT2D eigenvalue weighted by Crippen LogP contribution is -2.15. The Bertz CT molecular complexity index is 716. The lowest BCUT2D eigenvalue weighted by molar-refractivity contribution is 0.494. The molecule has 0 amide bonds. The van der Waals surface area contributed by atoms with Crippen molar-refractivity contribution in [3.05, 3.63) is 56.4 Å². The molecule has 0 fully saturated rings. The van der Waals surface area contributed by atoms with Crippen molar-refractivity contribution in [2.45, 2.75) is 13.0 Å². The molecule has 3 rings (SSSR count). The highest BCUT2D eigenvalue weighted by molar-refractivity contribution is 9.10. The Hall–Kier alpha value is -1.10.